The number of hydrogen-bond donors (Lipinski definition) is 1. The van der Waals surface area contributed by atoms with Gasteiger partial charge in [-0.1, -0.05) is 50.6 Å². The molecule has 2 heteroatoms. The maximum absolute atomic E-state index is 3.55. The predicted octanol–water partition coefficient (Wildman–Crippen LogP) is 5.15. The van der Waals surface area contributed by atoms with Crippen LogP contribution in [0, 0.1) is 12.8 Å². The monoisotopic (exact) mass is 287 g/mol. The molecule has 0 spiro atoms. The number of thiophene rings is 1. The van der Waals surface area contributed by atoms with Crippen molar-refractivity contribution in [1.82, 2.24) is 5.32 Å². The highest BCUT2D eigenvalue weighted by molar-refractivity contribution is 7.10. The zero-order chi connectivity index (χ0) is 14.5. The Morgan fingerprint density at radius 1 is 1.15 bits per heavy atom. The van der Waals surface area contributed by atoms with Gasteiger partial charge in [-0.15, -0.1) is 11.3 Å². The van der Waals surface area contributed by atoms with E-state index in [1.54, 1.807) is 0 Å². The first-order valence-corrected chi connectivity index (χ1v) is 8.32. The van der Waals surface area contributed by atoms with Gasteiger partial charge >= 0.3 is 0 Å². The van der Waals surface area contributed by atoms with Gasteiger partial charge in [-0.25, -0.2) is 0 Å². The summed E-state index contributed by atoms with van der Waals surface area (Å²) in [6.07, 6.45) is 1.20. The van der Waals surface area contributed by atoms with E-state index in [1.807, 2.05) is 11.3 Å². The van der Waals surface area contributed by atoms with E-state index in [0.717, 1.165) is 0 Å². The number of likely N-dealkylation sites (N-methyl/N-ethyl adjacent to an activating group) is 1. The SMILES string of the molecule is CCC(C)C(c1ccccc1)C(NC)c1csc(C)c1. The van der Waals surface area contributed by atoms with Crippen molar-refractivity contribution >= 4 is 11.3 Å². The summed E-state index contributed by atoms with van der Waals surface area (Å²) >= 11 is 1.84. The predicted molar refractivity (Wildman–Crippen MR) is 89.5 cm³/mol. The fraction of sp³-hybridized carbons (Fsp3) is 0.444. The summed E-state index contributed by atoms with van der Waals surface area (Å²) in [5.41, 5.74) is 2.86. The van der Waals surface area contributed by atoms with E-state index in [1.165, 1.54) is 22.4 Å². The zero-order valence-electron chi connectivity index (χ0n) is 12.9. The molecular formula is C18H25NS. The highest BCUT2D eigenvalue weighted by Crippen LogP contribution is 2.39. The smallest absolute Gasteiger partial charge is 0.0398 e. The van der Waals surface area contributed by atoms with Gasteiger partial charge in [-0.05, 0) is 42.5 Å². The largest absolute Gasteiger partial charge is 0.312 e. The minimum atomic E-state index is 0.386. The molecule has 1 heterocycles. The molecular weight excluding hydrogens is 262 g/mol. The third kappa shape index (κ3) is 3.31. The molecule has 0 saturated heterocycles. The highest BCUT2D eigenvalue weighted by Gasteiger charge is 2.28. The van der Waals surface area contributed by atoms with Crippen LogP contribution in [-0.2, 0) is 0 Å². The summed E-state index contributed by atoms with van der Waals surface area (Å²) in [6, 6.07) is 13.6. The molecule has 1 N–H and O–H groups in total. The molecule has 0 aliphatic carbocycles. The average molecular weight is 287 g/mol. The van der Waals surface area contributed by atoms with Gasteiger partial charge in [0.2, 0.25) is 0 Å². The molecule has 0 bridgehead atoms. The van der Waals surface area contributed by atoms with E-state index in [9.17, 15) is 0 Å². The van der Waals surface area contributed by atoms with Crippen LogP contribution < -0.4 is 5.32 Å². The number of rotatable bonds is 6. The standard InChI is InChI=1S/C18H25NS/c1-5-13(2)17(15-9-7-6-8-10-15)18(19-4)16-11-14(3)20-12-16/h6-13,17-19H,5H2,1-4H3. The third-order valence-corrected chi connectivity index (χ3v) is 5.10. The van der Waals surface area contributed by atoms with Crippen molar-refractivity contribution in [2.45, 2.75) is 39.2 Å². The van der Waals surface area contributed by atoms with Crippen molar-refractivity contribution in [3.05, 3.63) is 57.8 Å². The van der Waals surface area contributed by atoms with Crippen molar-refractivity contribution in [3.8, 4) is 0 Å². The van der Waals surface area contributed by atoms with Gasteiger partial charge in [0.15, 0.2) is 0 Å². The van der Waals surface area contributed by atoms with E-state index < -0.39 is 0 Å². The molecule has 2 aromatic rings. The lowest BCUT2D eigenvalue weighted by molar-refractivity contribution is 0.355. The summed E-state index contributed by atoms with van der Waals surface area (Å²) < 4.78 is 0. The van der Waals surface area contributed by atoms with Crippen LogP contribution in [0.4, 0.5) is 0 Å². The van der Waals surface area contributed by atoms with Crippen molar-refractivity contribution in [3.63, 3.8) is 0 Å². The fourth-order valence-corrected chi connectivity index (χ4v) is 3.70. The van der Waals surface area contributed by atoms with Gasteiger partial charge < -0.3 is 5.32 Å². The van der Waals surface area contributed by atoms with Crippen LogP contribution in [-0.4, -0.2) is 7.05 Å². The van der Waals surface area contributed by atoms with Gasteiger partial charge in [0.05, 0.1) is 0 Å². The van der Waals surface area contributed by atoms with Crippen molar-refractivity contribution in [2.75, 3.05) is 7.05 Å². The van der Waals surface area contributed by atoms with Crippen LogP contribution in [0.3, 0.4) is 0 Å². The van der Waals surface area contributed by atoms with E-state index in [0.29, 0.717) is 17.9 Å². The first-order chi connectivity index (χ1) is 9.67. The maximum atomic E-state index is 3.55. The summed E-state index contributed by atoms with van der Waals surface area (Å²) in [5.74, 6) is 1.16. The lowest BCUT2D eigenvalue weighted by Crippen LogP contribution is -2.27. The number of benzene rings is 1. The van der Waals surface area contributed by atoms with Gasteiger partial charge in [0.25, 0.3) is 0 Å². The quantitative estimate of drug-likeness (QED) is 0.775. The molecule has 3 atom stereocenters. The summed E-state index contributed by atoms with van der Waals surface area (Å²) in [7, 11) is 2.08. The second kappa shape index (κ2) is 7.05. The second-order valence-electron chi connectivity index (χ2n) is 5.58. The number of aryl methyl sites for hydroxylation is 1. The third-order valence-electron chi connectivity index (χ3n) is 4.22. The molecule has 0 aliphatic heterocycles. The Morgan fingerprint density at radius 2 is 1.85 bits per heavy atom. The van der Waals surface area contributed by atoms with E-state index >= 15 is 0 Å². The molecule has 1 aromatic carbocycles. The van der Waals surface area contributed by atoms with E-state index in [4.69, 9.17) is 0 Å². The molecule has 0 radical (unpaired) electrons. The molecule has 0 saturated carbocycles. The Labute approximate surface area is 127 Å². The molecule has 108 valence electrons. The van der Waals surface area contributed by atoms with Crippen molar-refractivity contribution in [1.29, 1.82) is 0 Å². The molecule has 1 aromatic heterocycles. The van der Waals surface area contributed by atoms with Crippen molar-refractivity contribution < 1.29 is 0 Å². The topological polar surface area (TPSA) is 12.0 Å². The Hall–Kier alpha value is -1.12. The van der Waals surface area contributed by atoms with Crippen LogP contribution in [0.15, 0.2) is 41.8 Å². The average Bonchev–Trinajstić information content (AvgIpc) is 2.91. The minimum Gasteiger partial charge on any atom is -0.312 e. The second-order valence-corrected chi connectivity index (χ2v) is 6.69. The Kier molecular flexibility index (Phi) is 5.38. The number of nitrogens with one attached hydrogen (secondary N) is 1. The minimum absolute atomic E-state index is 0.386. The molecule has 0 aliphatic rings. The highest BCUT2D eigenvalue weighted by atomic mass is 32.1. The molecule has 0 fully saturated rings. The molecule has 0 amide bonds. The van der Waals surface area contributed by atoms with Crippen LogP contribution in [0.1, 0.15) is 48.2 Å². The molecule has 3 unspecified atom stereocenters. The van der Waals surface area contributed by atoms with E-state index in [-0.39, 0.29) is 0 Å². The van der Waals surface area contributed by atoms with Crippen LogP contribution in [0.25, 0.3) is 0 Å². The summed E-state index contributed by atoms with van der Waals surface area (Å²) in [4.78, 5) is 1.39. The fourth-order valence-electron chi connectivity index (χ4n) is 2.96. The van der Waals surface area contributed by atoms with Crippen molar-refractivity contribution in [2.24, 2.45) is 5.92 Å². The van der Waals surface area contributed by atoms with Gasteiger partial charge in [0, 0.05) is 16.8 Å². The lowest BCUT2D eigenvalue weighted by Gasteiger charge is -2.31. The Morgan fingerprint density at radius 3 is 2.35 bits per heavy atom. The van der Waals surface area contributed by atoms with E-state index in [2.05, 4.69) is 74.9 Å². The zero-order valence-corrected chi connectivity index (χ0v) is 13.7. The Balaban J connectivity index is 2.39. The van der Waals surface area contributed by atoms with Crippen LogP contribution >= 0.6 is 11.3 Å². The van der Waals surface area contributed by atoms with Crippen LogP contribution in [0.2, 0.25) is 0 Å². The van der Waals surface area contributed by atoms with Gasteiger partial charge in [-0.2, -0.15) is 0 Å². The maximum Gasteiger partial charge on any atom is 0.0398 e. The summed E-state index contributed by atoms with van der Waals surface area (Å²) in [6.45, 7) is 6.83. The lowest BCUT2D eigenvalue weighted by atomic mass is 9.78. The first-order valence-electron chi connectivity index (χ1n) is 7.44. The van der Waals surface area contributed by atoms with Gasteiger partial charge in [0.1, 0.15) is 0 Å². The molecule has 1 nitrogen and oxygen atoms in total. The summed E-state index contributed by atoms with van der Waals surface area (Å²) in [5, 5.41) is 5.85. The van der Waals surface area contributed by atoms with Gasteiger partial charge in [-0.3, -0.25) is 0 Å². The first kappa shape index (κ1) is 15.3. The van der Waals surface area contributed by atoms with Crippen LogP contribution in [0.5, 0.6) is 0 Å². The molecule has 20 heavy (non-hydrogen) atoms. The molecule has 2 rings (SSSR count). The normalized spacial score (nSPS) is 15.8. The number of hydrogen-bond acceptors (Lipinski definition) is 2. The Bertz CT molecular complexity index is 517.